The number of hydrogen-bond acceptors (Lipinski definition) is 4. The van der Waals surface area contributed by atoms with E-state index in [1.54, 1.807) is 6.92 Å². The summed E-state index contributed by atoms with van der Waals surface area (Å²) in [6, 6.07) is 0. The van der Waals surface area contributed by atoms with Gasteiger partial charge < -0.3 is 19.7 Å². The molecule has 1 rings (SSSR count). The van der Waals surface area contributed by atoms with Crippen molar-refractivity contribution >= 4 is 0 Å². The van der Waals surface area contributed by atoms with Crippen molar-refractivity contribution in [1.82, 2.24) is 0 Å². The van der Waals surface area contributed by atoms with Crippen LogP contribution in [0, 0.1) is 0 Å². The van der Waals surface area contributed by atoms with Gasteiger partial charge in [0.1, 0.15) is 6.10 Å². The van der Waals surface area contributed by atoms with Gasteiger partial charge in [0.05, 0.1) is 12.2 Å². The van der Waals surface area contributed by atoms with Crippen LogP contribution in [-0.4, -0.2) is 41.9 Å². The van der Waals surface area contributed by atoms with Crippen LogP contribution in [0.25, 0.3) is 0 Å². The number of methoxy groups -OCH3 is 1. The lowest BCUT2D eigenvalue weighted by Crippen LogP contribution is -2.47. The molecule has 0 aromatic heterocycles. The first-order valence-electron chi connectivity index (χ1n) is 3.69. The van der Waals surface area contributed by atoms with E-state index < -0.39 is 12.4 Å². The summed E-state index contributed by atoms with van der Waals surface area (Å²) in [6.07, 6.45) is -1.78. The summed E-state index contributed by atoms with van der Waals surface area (Å²) < 4.78 is 9.91. The van der Waals surface area contributed by atoms with Gasteiger partial charge in [-0.1, -0.05) is 0 Å². The van der Waals surface area contributed by atoms with Crippen LogP contribution in [0.4, 0.5) is 0 Å². The second-order valence-electron chi connectivity index (χ2n) is 2.80. The van der Waals surface area contributed by atoms with Crippen LogP contribution in [0.1, 0.15) is 13.3 Å². The minimum Gasteiger partial charge on any atom is -0.388 e. The highest BCUT2D eigenvalue weighted by atomic mass is 16.6. The molecule has 0 saturated carbocycles. The van der Waals surface area contributed by atoms with E-state index in [9.17, 15) is 5.11 Å². The van der Waals surface area contributed by atoms with E-state index in [1.807, 2.05) is 0 Å². The Labute approximate surface area is 65.7 Å². The second kappa shape index (κ2) is 3.49. The number of aliphatic hydroxyl groups is 2. The van der Waals surface area contributed by atoms with Crippen LogP contribution >= 0.6 is 0 Å². The van der Waals surface area contributed by atoms with Crippen molar-refractivity contribution in [3.05, 3.63) is 0 Å². The lowest BCUT2D eigenvalue weighted by atomic mass is 10.0. The first-order valence-corrected chi connectivity index (χ1v) is 3.69. The van der Waals surface area contributed by atoms with Gasteiger partial charge in [-0.15, -0.1) is 0 Å². The fourth-order valence-corrected chi connectivity index (χ4v) is 1.26. The molecular weight excluding hydrogens is 148 g/mol. The first kappa shape index (κ1) is 8.93. The lowest BCUT2D eigenvalue weighted by molar-refractivity contribution is -0.231. The van der Waals surface area contributed by atoms with Gasteiger partial charge in [-0.05, 0) is 6.92 Å². The molecule has 4 atom stereocenters. The first-order chi connectivity index (χ1) is 5.15. The highest BCUT2D eigenvalue weighted by Gasteiger charge is 2.34. The summed E-state index contributed by atoms with van der Waals surface area (Å²) in [5.74, 6) is 0. The number of aliphatic hydroxyl groups excluding tert-OH is 2. The van der Waals surface area contributed by atoms with Gasteiger partial charge in [-0.25, -0.2) is 0 Å². The number of rotatable bonds is 1. The predicted molar refractivity (Wildman–Crippen MR) is 38.0 cm³/mol. The Morgan fingerprint density at radius 1 is 1.45 bits per heavy atom. The molecule has 1 aliphatic rings. The van der Waals surface area contributed by atoms with E-state index >= 15 is 0 Å². The zero-order chi connectivity index (χ0) is 8.43. The Morgan fingerprint density at radius 2 is 2.09 bits per heavy atom. The van der Waals surface area contributed by atoms with E-state index in [0.29, 0.717) is 6.42 Å². The van der Waals surface area contributed by atoms with Crippen LogP contribution in [0.3, 0.4) is 0 Å². The van der Waals surface area contributed by atoms with Crippen molar-refractivity contribution in [1.29, 1.82) is 0 Å². The molecule has 1 saturated heterocycles. The van der Waals surface area contributed by atoms with Crippen molar-refractivity contribution in [2.75, 3.05) is 7.11 Å². The van der Waals surface area contributed by atoms with Crippen molar-refractivity contribution in [2.45, 2.75) is 37.9 Å². The fourth-order valence-electron chi connectivity index (χ4n) is 1.26. The molecule has 0 bridgehead atoms. The normalized spacial score (nSPS) is 45.8. The van der Waals surface area contributed by atoms with Crippen molar-refractivity contribution in [2.24, 2.45) is 0 Å². The van der Waals surface area contributed by atoms with Crippen molar-refractivity contribution in [3.63, 3.8) is 0 Å². The Balaban J connectivity index is 2.51. The zero-order valence-electron chi connectivity index (χ0n) is 6.73. The van der Waals surface area contributed by atoms with Gasteiger partial charge in [-0.2, -0.15) is 0 Å². The monoisotopic (exact) mass is 162 g/mol. The van der Waals surface area contributed by atoms with E-state index in [1.165, 1.54) is 7.11 Å². The van der Waals surface area contributed by atoms with E-state index in [4.69, 9.17) is 14.6 Å². The quantitative estimate of drug-likeness (QED) is 0.545. The number of hydrogen-bond donors (Lipinski definition) is 2. The van der Waals surface area contributed by atoms with Crippen LogP contribution < -0.4 is 0 Å². The average Bonchev–Trinajstić information content (AvgIpc) is 1.96. The Hall–Kier alpha value is -0.160. The minimum atomic E-state index is -0.807. The van der Waals surface area contributed by atoms with Gasteiger partial charge in [-0.3, -0.25) is 0 Å². The molecule has 1 heterocycles. The molecule has 0 amide bonds. The highest BCUT2D eigenvalue weighted by Crippen LogP contribution is 2.20. The Morgan fingerprint density at radius 3 is 2.64 bits per heavy atom. The maximum Gasteiger partial charge on any atom is 0.157 e. The highest BCUT2D eigenvalue weighted by molar-refractivity contribution is 4.80. The van der Waals surface area contributed by atoms with E-state index in [2.05, 4.69) is 0 Å². The molecule has 66 valence electrons. The Kier molecular flexibility index (Phi) is 2.84. The summed E-state index contributed by atoms with van der Waals surface area (Å²) in [5.41, 5.74) is 0. The van der Waals surface area contributed by atoms with Gasteiger partial charge in [0.25, 0.3) is 0 Å². The third-order valence-electron chi connectivity index (χ3n) is 1.97. The van der Waals surface area contributed by atoms with Gasteiger partial charge in [0.15, 0.2) is 6.29 Å². The van der Waals surface area contributed by atoms with Gasteiger partial charge in [0.2, 0.25) is 0 Å². The van der Waals surface area contributed by atoms with E-state index in [0.717, 1.165) is 0 Å². The summed E-state index contributed by atoms with van der Waals surface area (Å²) in [6.45, 7) is 1.71. The molecule has 1 aliphatic heterocycles. The summed E-state index contributed by atoms with van der Waals surface area (Å²) in [5, 5.41) is 18.5. The molecule has 0 radical (unpaired) electrons. The largest absolute Gasteiger partial charge is 0.388 e. The van der Waals surface area contributed by atoms with Crippen molar-refractivity contribution < 1.29 is 19.7 Å². The van der Waals surface area contributed by atoms with Crippen LogP contribution in [0.15, 0.2) is 0 Å². The lowest BCUT2D eigenvalue weighted by Gasteiger charge is -2.34. The summed E-state index contributed by atoms with van der Waals surface area (Å²) >= 11 is 0. The second-order valence-corrected chi connectivity index (χ2v) is 2.80. The molecule has 1 fully saturated rings. The maximum absolute atomic E-state index is 9.39. The third-order valence-corrected chi connectivity index (χ3v) is 1.97. The van der Waals surface area contributed by atoms with Gasteiger partial charge >= 0.3 is 0 Å². The maximum atomic E-state index is 9.39. The van der Waals surface area contributed by atoms with E-state index in [-0.39, 0.29) is 12.2 Å². The summed E-state index contributed by atoms with van der Waals surface area (Å²) in [7, 11) is 1.51. The molecule has 11 heavy (non-hydrogen) atoms. The van der Waals surface area contributed by atoms with Crippen LogP contribution in [-0.2, 0) is 9.47 Å². The minimum absolute atomic E-state index is 0.311. The van der Waals surface area contributed by atoms with Crippen LogP contribution in [0.5, 0.6) is 0 Å². The van der Waals surface area contributed by atoms with Crippen LogP contribution in [0.2, 0.25) is 0 Å². The molecule has 2 N–H and O–H groups in total. The fraction of sp³-hybridized carbons (Fsp3) is 1.00. The standard InChI is InChI=1S/C7H14O4/c1-4-7(9)5(10-2)3-6(8)11-4/h4-9H,3H2,1-2H3/t4-,5+,6?,7-/m0/s1. The molecule has 0 aromatic carbocycles. The number of ether oxygens (including phenoxy) is 2. The SMILES string of the molecule is CO[C@@H]1CC(O)O[C@@H](C)[C@@H]1O. The zero-order valence-corrected chi connectivity index (χ0v) is 6.73. The summed E-state index contributed by atoms with van der Waals surface area (Å²) in [4.78, 5) is 0. The average molecular weight is 162 g/mol. The molecular formula is C7H14O4. The molecule has 0 spiro atoms. The molecule has 4 nitrogen and oxygen atoms in total. The molecule has 0 aliphatic carbocycles. The molecule has 4 heteroatoms. The van der Waals surface area contributed by atoms with Crippen molar-refractivity contribution in [3.8, 4) is 0 Å². The molecule has 0 aromatic rings. The predicted octanol–water partition coefficient (Wildman–Crippen LogP) is -0.510. The van der Waals surface area contributed by atoms with Gasteiger partial charge in [0, 0.05) is 13.5 Å². The molecule has 1 unspecified atom stereocenters. The third kappa shape index (κ3) is 1.90. The Bertz CT molecular complexity index is 128. The smallest absolute Gasteiger partial charge is 0.157 e. The topological polar surface area (TPSA) is 58.9 Å².